The van der Waals surface area contributed by atoms with E-state index >= 15 is 0 Å². The Morgan fingerprint density at radius 3 is 2.38 bits per heavy atom. The zero-order valence-corrected chi connectivity index (χ0v) is 12.7. The number of carboxylic acids is 1. The minimum Gasteiger partial charge on any atom is -0.481 e. The van der Waals surface area contributed by atoms with Gasteiger partial charge in [-0.1, -0.05) is 0 Å². The minimum absolute atomic E-state index is 0.0617. The van der Waals surface area contributed by atoms with Gasteiger partial charge in [0, 0.05) is 6.92 Å². The van der Waals surface area contributed by atoms with Gasteiger partial charge in [0.25, 0.3) is 5.09 Å². The molecular formula is C11H18N2O11. The van der Waals surface area contributed by atoms with Crippen LogP contribution in [0.2, 0.25) is 0 Å². The summed E-state index contributed by atoms with van der Waals surface area (Å²) < 4.78 is 18.6. The van der Waals surface area contributed by atoms with Crippen LogP contribution in [0.25, 0.3) is 0 Å². The van der Waals surface area contributed by atoms with Gasteiger partial charge in [-0.2, -0.15) is 0 Å². The molecule has 0 aliphatic heterocycles. The number of nitrogens with zero attached hydrogens (tertiary/aromatic N) is 1. The number of hydrogen-bond acceptors (Lipinski definition) is 11. The molecular weight excluding hydrogens is 336 g/mol. The van der Waals surface area contributed by atoms with Crippen molar-refractivity contribution in [3.8, 4) is 0 Å². The van der Waals surface area contributed by atoms with Crippen LogP contribution in [-0.4, -0.2) is 67.0 Å². The van der Waals surface area contributed by atoms with E-state index in [-0.39, 0.29) is 26.4 Å². The Morgan fingerprint density at radius 1 is 1.17 bits per heavy atom. The van der Waals surface area contributed by atoms with E-state index < -0.39 is 41.9 Å². The third kappa shape index (κ3) is 11.9. The molecule has 0 saturated heterocycles. The lowest BCUT2D eigenvalue weighted by molar-refractivity contribution is -0.758. The van der Waals surface area contributed by atoms with Gasteiger partial charge in [0.15, 0.2) is 0 Å². The van der Waals surface area contributed by atoms with Gasteiger partial charge in [0.05, 0.1) is 19.6 Å². The summed E-state index contributed by atoms with van der Waals surface area (Å²) in [7, 11) is 0. The van der Waals surface area contributed by atoms with Crippen molar-refractivity contribution in [1.29, 1.82) is 0 Å². The van der Waals surface area contributed by atoms with Crippen LogP contribution in [0.15, 0.2) is 0 Å². The summed E-state index contributed by atoms with van der Waals surface area (Å²) in [6, 6.07) is -1.39. The molecule has 0 bridgehead atoms. The number of ether oxygens (including phenoxy) is 4. The molecule has 0 aromatic carbocycles. The number of carbonyl (C=O) groups excluding carboxylic acids is 2. The van der Waals surface area contributed by atoms with E-state index in [4.69, 9.17) is 15.6 Å². The maximum Gasteiger partial charge on any atom is 0.511 e. The first-order chi connectivity index (χ1) is 11.2. The molecule has 0 rings (SSSR count). The molecule has 13 heteroatoms. The quantitative estimate of drug-likeness (QED) is 0.144. The van der Waals surface area contributed by atoms with Gasteiger partial charge in [0.2, 0.25) is 6.29 Å². The highest BCUT2D eigenvalue weighted by molar-refractivity contribution is 5.81. The monoisotopic (exact) mass is 354 g/mol. The molecule has 0 saturated carbocycles. The Labute approximate surface area is 135 Å². The summed E-state index contributed by atoms with van der Waals surface area (Å²) in [5.74, 6) is -2.33. The average Bonchev–Trinajstić information content (AvgIpc) is 2.44. The zero-order valence-electron chi connectivity index (χ0n) is 12.7. The van der Waals surface area contributed by atoms with Crippen molar-refractivity contribution in [3.05, 3.63) is 10.1 Å². The lowest BCUT2D eigenvalue weighted by Crippen LogP contribution is -2.37. The third-order valence-corrected chi connectivity index (χ3v) is 2.11. The molecule has 0 aliphatic carbocycles. The van der Waals surface area contributed by atoms with Crippen LogP contribution in [0.5, 0.6) is 0 Å². The minimum atomic E-state index is -1.39. The van der Waals surface area contributed by atoms with Crippen LogP contribution in [0.1, 0.15) is 13.3 Å². The molecule has 24 heavy (non-hydrogen) atoms. The predicted molar refractivity (Wildman–Crippen MR) is 72.0 cm³/mol. The van der Waals surface area contributed by atoms with E-state index in [9.17, 15) is 24.5 Å². The maximum absolute atomic E-state index is 11.4. The molecule has 0 heterocycles. The predicted octanol–water partition coefficient (Wildman–Crippen LogP) is -0.944. The highest BCUT2D eigenvalue weighted by atomic mass is 17.0. The van der Waals surface area contributed by atoms with Gasteiger partial charge >= 0.3 is 18.1 Å². The number of aliphatic carboxylic acids is 1. The Balaban J connectivity index is 3.77. The highest BCUT2D eigenvalue weighted by Crippen LogP contribution is 2.01. The summed E-state index contributed by atoms with van der Waals surface area (Å²) in [6.45, 7) is 0.596. The molecule has 2 unspecified atom stereocenters. The molecule has 0 aromatic rings. The lowest BCUT2D eigenvalue weighted by atomic mass is 10.2. The molecule has 0 amide bonds. The Kier molecular flexibility index (Phi) is 10.5. The second-order valence-corrected chi connectivity index (χ2v) is 4.09. The highest BCUT2D eigenvalue weighted by Gasteiger charge is 2.22. The second kappa shape index (κ2) is 11.8. The van der Waals surface area contributed by atoms with E-state index in [1.54, 1.807) is 0 Å². The number of rotatable bonds is 12. The average molecular weight is 354 g/mol. The maximum atomic E-state index is 11.4. The van der Waals surface area contributed by atoms with E-state index in [0.29, 0.717) is 0 Å². The van der Waals surface area contributed by atoms with Gasteiger partial charge in [-0.15, -0.1) is 10.1 Å². The molecule has 0 aliphatic rings. The van der Waals surface area contributed by atoms with E-state index in [1.165, 1.54) is 6.92 Å². The van der Waals surface area contributed by atoms with Crippen molar-refractivity contribution in [2.75, 3.05) is 26.4 Å². The van der Waals surface area contributed by atoms with Gasteiger partial charge in [-0.25, -0.2) is 4.79 Å². The first kappa shape index (κ1) is 21.3. The largest absolute Gasteiger partial charge is 0.511 e. The van der Waals surface area contributed by atoms with Gasteiger partial charge in [-0.05, 0) is 0 Å². The van der Waals surface area contributed by atoms with Crippen LogP contribution in [0, 0.1) is 10.1 Å². The molecule has 13 nitrogen and oxygen atoms in total. The van der Waals surface area contributed by atoms with E-state index in [2.05, 4.69) is 19.0 Å². The van der Waals surface area contributed by atoms with Crippen molar-refractivity contribution >= 4 is 18.1 Å². The van der Waals surface area contributed by atoms with Crippen molar-refractivity contribution in [1.82, 2.24) is 0 Å². The van der Waals surface area contributed by atoms with Crippen LogP contribution in [0.3, 0.4) is 0 Å². The molecule has 3 N–H and O–H groups in total. The summed E-state index contributed by atoms with van der Waals surface area (Å²) in [6.07, 6.45) is -3.13. The molecule has 2 atom stereocenters. The Bertz CT molecular complexity index is 442. The standard InChI is InChI=1S/C11H18N2O11/c1-7(23-10(16)8(12)6-9(14)15)24-11(17)21-4-2-20-3-5-22-13(18)19/h7-8H,2-6,12H2,1H3,(H,14,15). The first-order valence-corrected chi connectivity index (χ1v) is 6.58. The van der Waals surface area contributed by atoms with Gasteiger partial charge < -0.3 is 34.6 Å². The van der Waals surface area contributed by atoms with Crippen molar-refractivity contribution in [3.63, 3.8) is 0 Å². The normalized spacial score (nSPS) is 12.6. The Hall–Kier alpha value is -2.67. The molecule has 0 aromatic heterocycles. The SMILES string of the molecule is CC(OC(=O)OCCOCCO[N+](=O)[O-])OC(=O)C(N)CC(=O)O. The van der Waals surface area contributed by atoms with Crippen LogP contribution in [0.4, 0.5) is 4.79 Å². The van der Waals surface area contributed by atoms with Crippen molar-refractivity contribution in [2.45, 2.75) is 25.7 Å². The summed E-state index contributed by atoms with van der Waals surface area (Å²) in [5.41, 5.74) is 5.26. The molecule has 138 valence electrons. The summed E-state index contributed by atoms with van der Waals surface area (Å²) in [4.78, 5) is 46.8. The van der Waals surface area contributed by atoms with Crippen molar-refractivity contribution < 1.29 is 48.4 Å². The molecule has 0 spiro atoms. The van der Waals surface area contributed by atoms with Gasteiger partial charge in [0.1, 0.15) is 19.3 Å². The lowest BCUT2D eigenvalue weighted by Gasteiger charge is -2.16. The van der Waals surface area contributed by atoms with Crippen LogP contribution >= 0.6 is 0 Å². The van der Waals surface area contributed by atoms with Gasteiger partial charge in [-0.3, -0.25) is 9.59 Å². The number of nitrogens with two attached hydrogens (primary N) is 1. The summed E-state index contributed by atoms with van der Waals surface area (Å²) in [5, 5.41) is 17.3. The van der Waals surface area contributed by atoms with Crippen molar-refractivity contribution in [2.24, 2.45) is 5.73 Å². The smallest absolute Gasteiger partial charge is 0.481 e. The third-order valence-electron chi connectivity index (χ3n) is 2.11. The fourth-order valence-corrected chi connectivity index (χ4v) is 1.17. The second-order valence-electron chi connectivity index (χ2n) is 4.09. The zero-order chi connectivity index (χ0) is 18.5. The Morgan fingerprint density at radius 2 is 1.79 bits per heavy atom. The summed E-state index contributed by atoms with van der Waals surface area (Å²) >= 11 is 0. The topological polar surface area (TPSA) is 187 Å². The number of hydrogen-bond donors (Lipinski definition) is 2. The fraction of sp³-hybridized carbons (Fsp3) is 0.727. The molecule has 0 radical (unpaired) electrons. The van der Waals surface area contributed by atoms with Crippen LogP contribution < -0.4 is 5.73 Å². The number of esters is 1. The fourth-order valence-electron chi connectivity index (χ4n) is 1.17. The molecule has 0 fully saturated rings. The first-order valence-electron chi connectivity index (χ1n) is 6.58. The van der Waals surface area contributed by atoms with E-state index in [0.717, 1.165) is 0 Å². The number of carboxylic acid groups (broad SMARTS) is 1. The van der Waals surface area contributed by atoms with Crippen LogP contribution in [-0.2, 0) is 33.4 Å². The number of carbonyl (C=O) groups is 3. The van der Waals surface area contributed by atoms with E-state index in [1.807, 2.05) is 0 Å².